The summed E-state index contributed by atoms with van der Waals surface area (Å²) in [6.07, 6.45) is 9.46. The van der Waals surface area contributed by atoms with Crippen molar-refractivity contribution in [2.75, 3.05) is 26.2 Å². The molecule has 3 rings (SSSR count). The fourth-order valence-electron chi connectivity index (χ4n) is 3.73. The molecule has 1 atom stereocenters. The zero-order valence-corrected chi connectivity index (χ0v) is 13.0. The molecule has 0 aromatic carbocycles. The van der Waals surface area contributed by atoms with Crippen molar-refractivity contribution in [3.8, 4) is 0 Å². The molecule has 0 bridgehead atoms. The van der Waals surface area contributed by atoms with Gasteiger partial charge in [0.25, 0.3) is 0 Å². The van der Waals surface area contributed by atoms with E-state index in [0.29, 0.717) is 12.5 Å². The highest BCUT2D eigenvalue weighted by Crippen LogP contribution is 2.28. The number of hydrogen-bond acceptors (Lipinski definition) is 4. The number of rotatable bonds is 5. The summed E-state index contributed by atoms with van der Waals surface area (Å²) < 4.78 is 2.41. The second kappa shape index (κ2) is 7.36. The van der Waals surface area contributed by atoms with Crippen LogP contribution < -0.4 is 0 Å². The Morgan fingerprint density at radius 2 is 2.00 bits per heavy atom. The van der Waals surface area contributed by atoms with Crippen LogP contribution in [0, 0.1) is 0 Å². The van der Waals surface area contributed by atoms with E-state index in [9.17, 15) is 0 Å². The van der Waals surface area contributed by atoms with Crippen molar-refractivity contribution < 1.29 is 5.11 Å². The minimum atomic E-state index is 0.314. The van der Waals surface area contributed by atoms with Crippen LogP contribution in [0.3, 0.4) is 0 Å². The van der Waals surface area contributed by atoms with E-state index in [1.807, 2.05) is 0 Å². The van der Waals surface area contributed by atoms with Crippen molar-refractivity contribution in [3.05, 3.63) is 11.6 Å². The minimum Gasteiger partial charge on any atom is -0.396 e. The van der Waals surface area contributed by atoms with Crippen molar-refractivity contribution in [2.45, 2.75) is 63.8 Å². The molecule has 0 saturated carbocycles. The van der Waals surface area contributed by atoms with Gasteiger partial charge in [0.15, 0.2) is 0 Å². The lowest BCUT2D eigenvalue weighted by molar-refractivity contribution is 0.191. The third-order valence-corrected chi connectivity index (χ3v) is 4.89. The molecule has 1 aromatic rings. The average Bonchev–Trinajstić information content (AvgIpc) is 2.77. The number of hydrogen-bond donors (Lipinski definition) is 1. The normalized spacial score (nSPS) is 23.8. The highest BCUT2D eigenvalue weighted by Gasteiger charge is 2.26. The molecule has 21 heavy (non-hydrogen) atoms. The molecule has 0 amide bonds. The van der Waals surface area contributed by atoms with Gasteiger partial charge in [0.05, 0.1) is 0 Å². The van der Waals surface area contributed by atoms with Crippen LogP contribution in [0.2, 0.25) is 0 Å². The quantitative estimate of drug-likeness (QED) is 0.843. The van der Waals surface area contributed by atoms with Gasteiger partial charge in [0, 0.05) is 32.0 Å². The number of fused-ring (bicyclic) bond motifs is 1. The van der Waals surface area contributed by atoms with Gasteiger partial charge in [-0.25, -0.2) is 0 Å². The summed E-state index contributed by atoms with van der Waals surface area (Å²) in [5.74, 6) is 2.99. The molecule has 0 aliphatic carbocycles. The number of aromatic nitrogens is 3. The number of aliphatic hydroxyl groups is 1. The summed E-state index contributed by atoms with van der Waals surface area (Å²) in [6, 6.07) is 0. The van der Waals surface area contributed by atoms with Gasteiger partial charge in [-0.1, -0.05) is 6.42 Å². The van der Waals surface area contributed by atoms with Gasteiger partial charge in [-0.05, 0) is 51.6 Å². The van der Waals surface area contributed by atoms with E-state index in [-0.39, 0.29) is 0 Å². The Morgan fingerprint density at radius 1 is 1.05 bits per heavy atom. The maximum atomic E-state index is 8.92. The maximum Gasteiger partial charge on any atom is 0.137 e. The predicted octanol–water partition coefficient (Wildman–Crippen LogP) is 1.96. The van der Waals surface area contributed by atoms with E-state index in [2.05, 4.69) is 19.7 Å². The van der Waals surface area contributed by atoms with E-state index < -0.39 is 0 Å². The van der Waals surface area contributed by atoms with Gasteiger partial charge in [-0.2, -0.15) is 0 Å². The minimum absolute atomic E-state index is 0.314. The number of aryl methyl sites for hydroxylation is 1. The number of piperidine rings is 1. The van der Waals surface area contributed by atoms with Gasteiger partial charge in [0.2, 0.25) is 0 Å². The summed E-state index contributed by atoms with van der Waals surface area (Å²) in [6.45, 7) is 4.85. The molecule has 5 heteroatoms. The molecule has 0 radical (unpaired) electrons. The van der Waals surface area contributed by atoms with Gasteiger partial charge < -0.3 is 14.6 Å². The molecule has 1 N–H and O–H groups in total. The van der Waals surface area contributed by atoms with Crippen molar-refractivity contribution in [1.82, 2.24) is 19.7 Å². The fraction of sp³-hybridized carbons (Fsp3) is 0.875. The van der Waals surface area contributed by atoms with Crippen LogP contribution in [0.1, 0.15) is 62.5 Å². The van der Waals surface area contributed by atoms with E-state index in [1.54, 1.807) is 0 Å². The molecule has 1 saturated heterocycles. The highest BCUT2D eigenvalue weighted by atomic mass is 16.2. The topological polar surface area (TPSA) is 54.2 Å². The first-order chi connectivity index (χ1) is 10.4. The van der Waals surface area contributed by atoms with Crippen LogP contribution in [-0.4, -0.2) is 51.0 Å². The molecule has 1 aromatic heterocycles. The fourth-order valence-corrected chi connectivity index (χ4v) is 3.73. The summed E-state index contributed by atoms with van der Waals surface area (Å²) in [4.78, 5) is 2.54. The number of likely N-dealkylation sites (tertiary alicyclic amines) is 1. The van der Waals surface area contributed by atoms with E-state index in [4.69, 9.17) is 5.11 Å². The summed E-state index contributed by atoms with van der Waals surface area (Å²) in [5.41, 5.74) is 0. The molecular weight excluding hydrogens is 264 g/mol. The average molecular weight is 292 g/mol. The molecule has 1 unspecified atom stereocenters. The Morgan fingerprint density at radius 3 is 2.90 bits per heavy atom. The molecule has 5 nitrogen and oxygen atoms in total. The Kier molecular flexibility index (Phi) is 5.25. The molecular formula is C16H28N4O. The van der Waals surface area contributed by atoms with E-state index in [1.165, 1.54) is 50.3 Å². The first-order valence-electron chi connectivity index (χ1n) is 8.63. The van der Waals surface area contributed by atoms with Gasteiger partial charge in [-0.3, -0.25) is 0 Å². The lowest BCUT2D eigenvalue weighted by Crippen LogP contribution is -2.36. The van der Waals surface area contributed by atoms with Gasteiger partial charge in [-0.15, -0.1) is 10.2 Å². The predicted molar refractivity (Wildman–Crippen MR) is 82.3 cm³/mol. The Labute approximate surface area is 127 Å². The molecule has 1 fully saturated rings. The number of aliphatic hydroxyl groups excluding tert-OH is 1. The smallest absolute Gasteiger partial charge is 0.137 e. The van der Waals surface area contributed by atoms with Crippen LogP contribution in [0.4, 0.5) is 0 Å². The van der Waals surface area contributed by atoms with Crippen LogP contribution in [-0.2, 0) is 13.0 Å². The molecule has 3 heterocycles. The van der Waals surface area contributed by atoms with Crippen molar-refractivity contribution in [1.29, 1.82) is 0 Å². The second-order valence-electron chi connectivity index (χ2n) is 6.51. The molecule has 2 aliphatic rings. The first kappa shape index (κ1) is 15.0. The summed E-state index contributed by atoms with van der Waals surface area (Å²) in [7, 11) is 0. The SMILES string of the molecule is OCCCCN1CCCC(c2nnc3n2CCCCC3)C1. The summed E-state index contributed by atoms with van der Waals surface area (Å²) >= 11 is 0. The monoisotopic (exact) mass is 292 g/mol. The van der Waals surface area contributed by atoms with E-state index >= 15 is 0 Å². The lowest BCUT2D eigenvalue weighted by Gasteiger charge is -2.32. The Balaban J connectivity index is 1.64. The van der Waals surface area contributed by atoms with Crippen LogP contribution in [0.5, 0.6) is 0 Å². The highest BCUT2D eigenvalue weighted by molar-refractivity contribution is 5.05. The number of unbranched alkanes of at least 4 members (excludes halogenated alkanes) is 1. The van der Waals surface area contributed by atoms with Crippen molar-refractivity contribution in [2.24, 2.45) is 0 Å². The third-order valence-electron chi connectivity index (χ3n) is 4.89. The van der Waals surface area contributed by atoms with Crippen molar-refractivity contribution >= 4 is 0 Å². The van der Waals surface area contributed by atoms with E-state index in [0.717, 1.165) is 38.9 Å². The largest absolute Gasteiger partial charge is 0.396 e. The Bertz CT molecular complexity index is 445. The Hall–Kier alpha value is -0.940. The standard InChI is InChI=1S/C16H28N4O/c21-12-5-4-9-19-10-6-7-14(13-19)16-18-17-15-8-2-1-3-11-20(15)16/h14,21H,1-13H2. The second-order valence-corrected chi connectivity index (χ2v) is 6.51. The van der Waals surface area contributed by atoms with Crippen molar-refractivity contribution in [3.63, 3.8) is 0 Å². The van der Waals surface area contributed by atoms with Gasteiger partial charge >= 0.3 is 0 Å². The lowest BCUT2D eigenvalue weighted by atomic mass is 9.96. The van der Waals surface area contributed by atoms with Crippen LogP contribution >= 0.6 is 0 Å². The zero-order chi connectivity index (χ0) is 14.5. The first-order valence-corrected chi connectivity index (χ1v) is 8.63. The summed E-state index contributed by atoms with van der Waals surface area (Å²) in [5, 5.41) is 17.9. The van der Waals surface area contributed by atoms with Crippen LogP contribution in [0.25, 0.3) is 0 Å². The van der Waals surface area contributed by atoms with Crippen LogP contribution in [0.15, 0.2) is 0 Å². The zero-order valence-electron chi connectivity index (χ0n) is 13.0. The molecule has 2 aliphatic heterocycles. The van der Waals surface area contributed by atoms with Gasteiger partial charge in [0.1, 0.15) is 11.6 Å². The molecule has 118 valence electrons. The number of nitrogens with zero attached hydrogens (tertiary/aromatic N) is 4. The maximum absolute atomic E-state index is 8.92. The molecule has 0 spiro atoms. The third kappa shape index (κ3) is 3.64.